The second-order valence-electron chi connectivity index (χ2n) is 4.10. The number of anilines is 2. The van der Waals surface area contributed by atoms with Gasteiger partial charge in [-0.25, -0.2) is 10.3 Å². The summed E-state index contributed by atoms with van der Waals surface area (Å²) in [5, 5.41) is 13.8. The highest BCUT2D eigenvalue weighted by molar-refractivity contribution is 9.10. The molecule has 2 aromatic carbocycles. The van der Waals surface area contributed by atoms with E-state index in [1.807, 2.05) is 12.1 Å². The Labute approximate surface area is 129 Å². The molecule has 0 aromatic heterocycles. The molecule has 0 fully saturated rings. The van der Waals surface area contributed by atoms with Crippen LogP contribution in [-0.4, -0.2) is 17.1 Å². The van der Waals surface area contributed by atoms with Gasteiger partial charge in [0.25, 0.3) is 5.91 Å². The van der Waals surface area contributed by atoms with Gasteiger partial charge in [-0.1, -0.05) is 15.9 Å². The van der Waals surface area contributed by atoms with Crippen molar-refractivity contribution in [1.82, 2.24) is 5.48 Å². The topological polar surface area (TPSA) is 90.5 Å². The van der Waals surface area contributed by atoms with Crippen molar-refractivity contribution < 1.29 is 14.8 Å². The molecule has 2 aromatic rings. The molecule has 0 heterocycles. The van der Waals surface area contributed by atoms with Crippen LogP contribution in [0.15, 0.2) is 53.0 Å². The molecule has 0 atom stereocenters. The predicted molar refractivity (Wildman–Crippen MR) is 82.5 cm³/mol. The van der Waals surface area contributed by atoms with Crippen LogP contribution in [-0.2, 0) is 0 Å². The van der Waals surface area contributed by atoms with E-state index in [4.69, 9.17) is 5.21 Å². The van der Waals surface area contributed by atoms with Crippen molar-refractivity contribution in [3.05, 3.63) is 58.6 Å². The van der Waals surface area contributed by atoms with Gasteiger partial charge in [-0.2, -0.15) is 0 Å². The van der Waals surface area contributed by atoms with E-state index in [1.165, 1.54) is 17.6 Å². The zero-order chi connectivity index (χ0) is 15.2. The number of hydrogen-bond donors (Lipinski definition) is 4. The zero-order valence-electron chi connectivity index (χ0n) is 10.8. The van der Waals surface area contributed by atoms with E-state index in [0.717, 1.165) is 4.47 Å². The SMILES string of the molecule is O=C(Nc1ccc(Br)cc1)Nc1ccc(C(=O)NO)cc1. The van der Waals surface area contributed by atoms with Gasteiger partial charge in [-0.15, -0.1) is 0 Å². The Morgan fingerprint density at radius 1 is 0.857 bits per heavy atom. The number of amides is 3. The van der Waals surface area contributed by atoms with Crippen LogP contribution in [0.1, 0.15) is 10.4 Å². The maximum absolute atomic E-state index is 11.8. The van der Waals surface area contributed by atoms with Gasteiger partial charge in [0.05, 0.1) is 0 Å². The highest BCUT2D eigenvalue weighted by Crippen LogP contribution is 2.15. The Bertz CT molecular complexity index is 642. The van der Waals surface area contributed by atoms with Crippen molar-refractivity contribution in [2.24, 2.45) is 0 Å². The monoisotopic (exact) mass is 349 g/mol. The molecule has 0 saturated carbocycles. The highest BCUT2D eigenvalue weighted by atomic mass is 79.9. The van der Waals surface area contributed by atoms with Crippen molar-refractivity contribution >= 4 is 39.2 Å². The summed E-state index contributed by atoms with van der Waals surface area (Å²) in [6, 6.07) is 12.9. The van der Waals surface area contributed by atoms with E-state index in [0.29, 0.717) is 11.4 Å². The molecule has 21 heavy (non-hydrogen) atoms. The van der Waals surface area contributed by atoms with Crippen LogP contribution in [0, 0.1) is 0 Å². The summed E-state index contributed by atoms with van der Waals surface area (Å²) >= 11 is 3.31. The Kier molecular flexibility index (Phi) is 4.91. The van der Waals surface area contributed by atoms with E-state index in [1.54, 1.807) is 24.3 Å². The standard InChI is InChI=1S/C14H12BrN3O3/c15-10-3-7-12(8-4-10)17-14(20)16-11-5-1-9(2-6-11)13(19)18-21/h1-8,21H,(H,18,19)(H2,16,17,20). The van der Waals surface area contributed by atoms with E-state index >= 15 is 0 Å². The number of urea groups is 1. The summed E-state index contributed by atoms with van der Waals surface area (Å²) in [6.45, 7) is 0. The first-order chi connectivity index (χ1) is 10.1. The second-order valence-corrected chi connectivity index (χ2v) is 5.02. The largest absolute Gasteiger partial charge is 0.323 e. The van der Waals surface area contributed by atoms with Crippen LogP contribution in [0.2, 0.25) is 0 Å². The molecule has 0 saturated heterocycles. The van der Waals surface area contributed by atoms with E-state index in [2.05, 4.69) is 26.6 Å². The van der Waals surface area contributed by atoms with Gasteiger partial charge in [0.15, 0.2) is 0 Å². The Morgan fingerprint density at radius 2 is 1.33 bits per heavy atom. The lowest BCUT2D eigenvalue weighted by molar-refractivity contribution is 0.0706. The minimum Gasteiger partial charge on any atom is -0.308 e. The van der Waals surface area contributed by atoms with Crippen molar-refractivity contribution in [2.75, 3.05) is 10.6 Å². The highest BCUT2D eigenvalue weighted by Gasteiger charge is 2.05. The van der Waals surface area contributed by atoms with Crippen LogP contribution < -0.4 is 16.1 Å². The first-order valence-electron chi connectivity index (χ1n) is 5.96. The number of hydroxylamine groups is 1. The van der Waals surface area contributed by atoms with Crippen LogP contribution in [0.4, 0.5) is 16.2 Å². The minimum absolute atomic E-state index is 0.288. The molecule has 0 radical (unpaired) electrons. The van der Waals surface area contributed by atoms with E-state index < -0.39 is 11.9 Å². The minimum atomic E-state index is -0.610. The molecule has 7 heteroatoms. The van der Waals surface area contributed by atoms with E-state index in [9.17, 15) is 9.59 Å². The number of halogens is 1. The molecule has 6 nitrogen and oxygen atoms in total. The van der Waals surface area contributed by atoms with Gasteiger partial charge >= 0.3 is 6.03 Å². The number of hydrogen-bond acceptors (Lipinski definition) is 3. The second kappa shape index (κ2) is 6.87. The number of carbonyl (C=O) groups excluding carboxylic acids is 2. The Hall–Kier alpha value is -2.38. The van der Waals surface area contributed by atoms with Crippen molar-refractivity contribution in [1.29, 1.82) is 0 Å². The fourth-order valence-corrected chi connectivity index (χ4v) is 1.86. The van der Waals surface area contributed by atoms with E-state index in [-0.39, 0.29) is 5.56 Å². The zero-order valence-corrected chi connectivity index (χ0v) is 12.3. The lowest BCUT2D eigenvalue weighted by Gasteiger charge is -2.08. The predicted octanol–water partition coefficient (Wildman–Crippen LogP) is 3.21. The molecule has 108 valence electrons. The van der Waals surface area contributed by atoms with Crippen molar-refractivity contribution in [2.45, 2.75) is 0 Å². The van der Waals surface area contributed by atoms with Crippen LogP contribution in [0.3, 0.4) is 0 Å². The van der Waals surface area contributed by atoms with Gasteiger partial charge < -0.3 is 10.6 Å². The summed E-state index contributed by atoms with van der Waals surface area (Å²) in [5.74, 6) is -0.610. The van der Waals surface area contributed by atoms with Gasteiger partial charge in [-0.05, 0) is 48.5 Å². The maximum Gasteiger partial charge on any atom is 0.323 e. The molecule has 0 aliphatic rings. The fourth-order valence-electron chi connectivity index (χ4n) is 1.60. The Morgan fingerprint density at radius 3 is 1.81 bits per heavy atom. The normalized spacial score (nSPS) is 9.81. The molecule has 0 aliphatic carbocycles. The molecule has 0 spiro atoms. The maximum atomic E-state index is 11.8. The lowest BCUT2D eigenvalue weighted by Crippen LogP contribution is -2.20. The average molecular weight is 350 g/mol. The smallest absolute Gasteiger partial charge is 0.308 e. The van der Waals surface area contributed by atoms with Crippen LogP contribution in [0.5, 0.6) is 0 Å². The lowest BCUT2D eigenvalue weighted by atomic mass is 10.2. The number of rotatable bonds is 3. The third kappa shape index (κ3) is 4.30. The first-order valence-corrected chi connectivity index (χ1v) is 6.76. The molecule has 0 unspecified atom stereocenters. The summed E-state index contributed by atoms with van der Waals surface area (Å²) in [4.78, 5) is 22.9. The molecule has 0 bridgehead atoms. The summed E-state index contributed by atoms with van der Waals surface area (Å²) in [6.07, 6.45) is 0. The van der Waals surface area contributed by atoms with Gasteiger partial charge in [-0.3, -0.25) is 10.0 Å². The first kappa shape index (κ1) is 15.0. The summed E-state index contributed by atoms with van der Waals surface area (Å²) in [5.41, 5.74) is 3.01. The number of carbonyl (C=O) groups is 2. The number of benzene rings is 2. The van der Waals surface area contributed by atoms with Gasteiger partial charge in [0, 0.05) is 21.4 Å². The molecular weight excluding hydrogens is 338 g/mol. The third-order valence-electron chi connectivity index (χ3n) is 2.61. The molecule has 4 N–H and O–H groups in total. The Balaban J connectivity index is 1.96. The molecule has 0 aliphatic heterocycles. The number of nitrogens with one attached hydrogen (secondary N) is 3. The molecular formula is C14H12BrN3O3. The summed E-state index contributed by atoms with van der Waals surface area (Å²) in [7, 11) is 0. The van der Waals surface area contributed by atoms with Crippen molar-refractivity contribution in [3.63, 3.8) is 0 Å². The average Bonchev–Trinajstić information content (AvgIpc) is 2.49. The third-order valence-corrected chi connectivity index (χ3v) is 3.14. The summed E-state index contributed by atoms with van der Waals surface area (Å²) < 4.78 is 0.922. The molecule has 2 rings (SSSR count). The van der Waals surface area contributed by atoms with Gasteiger partial charge in [0.2, 0.25) is 0 Å². The molecule has 3 amide bonds. The van der Waals surface area contributed by atoms with Crippen molar-refractivity contribution in [3.8, 4) is 0 Å². The van der Waals surface area contributed by atoms with Crippen LogP contribution >= 0.6 is 15.9 Å². The van der Waals surface area contributed by atoms with Crippen LogP contribution in [0.25, 0.3) is 0 Å². The van der Waals surface area contributed by atoms with Gasteiger partial charge in [0.1, 0.15) is 0 Å². The quantitative estimate of drug-likeness (QED) is 0.506. The fraction of sp³-hybridized carbons (Fsp3) is 0.